The molecule has 1 heterocycles. The van der Waals surface area contributed by atoms with Crippen molar-refractivity contribution in [2.45, 2.75) is 24.7 Å². The SMILES string of the molecule is CCSc1ccccc1-c1ccc2c(c1)C(C)CN2. The van der Waals surface area contributed by atoms with Gasteiger partial charge in [-0.25, -0.2) is 0 Å². The first-order chi connectivity index (χ1) is 9.29. The molecule has 1 nitrogen and oxygen atoms in total. The van der Waals surface area contributed by atoms with Crippen molar-refractivity contribution in [3.05, 3.63) is 48.0 Å². The first kappa shape index (κ1) is 12.6. The average molecular weight is 269 g/mol. The van der Waals surface area contributed by atoms with Crippen LogP contribution in [0, 0.1) is 0 Å². The second kappa shape index (κ2) is 5.30. The molecule has 1 unspecified atom stereocenters. The highest BCUT2D eigenvalue weighted by molar-refractivity contribution is 7.99. The third-order valence-corrected chi connectivity index (χ3v) is 4.63. The van der Waals surface area contributed by atoms with Gasteiger partial charge in [0, 0.05) is 23.0 Å². The number of hydrogen-bond acceptors (Lipinski definition) is 2. The fourth-order valence-corrected chi connectivity index (χ4v) is 3.49. The van der Waals surface area contributed by atoms with Crippen molar-refractivity contribution >= 4 is 17.4 Å². The maximum atomic E-state index is 3.46. The number of anilines is 1. The van der Waals surface area contributed by atoms with Crippen molar-refractivity contribution in [3.63, 3.8) is 0 Å². The van der Waals surface area contributed by atoms with Crippen LogP contribution in [0.2, 0.25) is 0 Å². The van der Waals surface area contributed by atoms with Gasteiger partial charge in [-0.15, -0.1) is 11.8 Å². The number of benzene rings is 2. The summed E-state index contributed by atoms with van der Waals surface area (Å²) in [6, 6.07) is 15.5. The van der Waals surface area contributed by atoms with E-state index in [-0.39, 0.29) is 0 Å². The minimum atomic E-state index is 0.612. The monoisotopic (exact) mass is 269 g/mol. The van der Waals surface area contributed by atoms with E-state index in [1.165, 1.54) is 27.3 Å². The van der Waals surface area contributed by atoms with Crippen molar-refractivity contribution < 1.29 is 0 Å². The molecule has 0 aliphatic carbocycles. The lowest BCUT2D eigenvalue weighted by atomic mass is 9.97. The molecule has 2 heteroatoms. The summed E-state index contributed by atoms with van der Waals surface area (Å²) in [5.41, 5.74) is 5.45. The van der Waals surface area contributed by atoms with Crippen LogP contribution in [0.1, 0.15) is 25.3 Å². The smallest absolute Gasteiger partial charge is 0.0376 e. The largest absolute Gasteiger partial charge is 0.384 e. The van der Waals surface area contributed by atoms with Gasteiger partial charge in [-0.05, 0) is 40.6 Å². The molecule has 3 rings (SSSR count). The van der Waals surface area contributed by atoms with Crippen molar-refractivity contribution in [3.8, 4) is 11.1 Å². The molecule has 1 atom stereocenters. The van der Waals surface area contributed by atoms with Crippen LogP contribution in [0.5, 0.6) is 0 Å². The fourth-order valence-electron chi connectivity index (χ4n) is 2.66. The zero-order chi connectivity index (χ0) is 13.2. The third kappa shape index (κ3) is 2.37. The standard InChI is InChI=1S/C17H19NS/c1-3-19-17-7-5-4-6-14(17)13-8-9-16-15(10-13)12(2)11-18-16/h4-10,12,18H,3,11H2,1-2H3. The molecule has 19 heavy (non-hydrogen) atoms. The summed E-state index contributed by atoms with van der Waals surface area (Å²) in [7, 11) is 0. The summed E-state index contributed by atoms with van der Waals surface area (Å²) in [5, 5.41) is 3.46. The van der Waals surface area contributed by atoms with E-state index < -0.39 is 0 Å². The maximum absolute atomic E-state index is 3.46. The van der Waals surface area contributed by atoms with Gasteiger partial charge >= 0.3 is 0 Å². The molecule has 0 saturated heterocycles. The molecule has 0 radical (unpaired) electrons. The van der Waals surface area contributed by atoms with Crippen molar-refractivity contribution in [1.82, 2.24) is 0 Å². The number of nitrogens with one attached hydrogen (secondary N) is 1. The fraction of sp³-hybridized carbons (Fsp3) is 0.294. The zero-order valence-corrected chi connectivity index (χ0v) is 12.3. The van der Waals surface area contributed by atoms with E-state index in [1.54, 1.807) is 0 Å². The highest BCUT2D eigenvalue weighted by atomic mass is 32.2. The second-order valence-electron chi connectivity index (χ2n) is 5.01. The molecule has 0 aromatic heterocycles. The molecule has 1 aliphatic heterocycles. The van der Waals surface area contributed by atoms with E-state index in [0.717, 1.165) is 12.3 Å². The van der Waals surface area contributed by atoms with E-state index in [0.29, 0.717) is 5.92 Å². The van der Waals surface area contributed by atoms with Gasteiger partial charge < -0.3 is 5.32 Å². The van der Waals surface area contributed by atoms with Gasteiger partial charge in [-0.2, -0.15) is 0 Å². The van der Waals surface area contributed by atoms with Crippen LogP contribution in [0.3, 0.4) is 0 Å². The molecular weight excluding hydrogens is 250 g/mol. The summed E-state index contributed by atoms with van der Waals surface area (Å²) in [5.74, 6) is 1.72. The first-order valence-corrected chi connectivity index (χ1v) is 7.88. The molecule has 2 aromatic rings. The Bertz CT molecular complexity index is 592. The van der Waals surface area contributed by atoms with E-state index in [2.05, 4.69) is 61.6 Å². The Morgan fingerprint density at radius 2 is 2.05 bits per heavy atom. The quantitative estimate of drug-likeness (QED) is 0.787. The Morgan fingerprint density at radius 3 is 2.89 bits per heavy atom. The summed E-state index contributed by atoms with van der Waals surface area (Å²) < 4.78 is 0. The van der Waals surface area contributed by atoms with Crippen molar-refractivity contribution in [2.24, 2.45) is 0 Å². The lowest BCUT2D eigenvalue weighted by Gasteiger charge is -2.11. The molecule has 0 amide bonds. The topological polar surface area (TPSA) is 12.0 Å². The predicted octanol–water partition coefficient (Wildman–Crippen LogP) is 4.99. The van der Waals surface area contributed by atoms with Crippen LogP contribution >= 0.6 is 11.8 Å². The molecule has 0 bridgehead atoms. The zero-order valence-electron chi connectivity index (χ0n) is 11.4. The molecule has 0 fully saturated rings. The molecule has 98 valence electrons. The number of thioether (sulfide) groups is 1. The third-order valence-electron chi connectivity index (χ3n) is 3.68. The van der Waals surface area contributed by atoms with Crippen LogP contribution < -0.4 is 5.32 Å². The van der Waals surface area contributed by atoms with Gasteiger partial charge in [-0.3, -0.25) is 0 Å². The van der Waals surface area contributed by atoms with Crippen LogP contribution in [0.15, 0.2) is 47.4 Å². The van der Waals surface area contributed by atoms with Gasteiger partial charge in [0.15, 0.2) is 0 Å². The molecule has 2 aromatic carbocycles. The van der Waals surface area contributed by atoms with Crippen molar-refractivity contribution in [1.29, 1.82) is 0 Å². The van der Waals surface area contributed by atoms with E-state index in [4.69, 9.17) is 0 Å². The predicted molar refractivity (Wildman–Crippen MR) is 85.2 cm³/mol. The number of rotatable bonds is 3. The van der Waals surface area contributed by atoms with E-state index in [1.807, 2.05) is 11.8 Å². The van der Waals surface area contributed by atoms with Gasteiger partial charge in [0.2, 0.25) is 0 Å². The van der Waals surface area contributed by atoms with E-state index in [9.17, 15) is 0 Å². The minimum absolute atomic E-state index is 0.612. The van der Waals surface area contributed by atoms with Gasteiger partial charge in [-0.1, -0.05) is 38.1 Å². The van der Waals surface area contributed by atoms with Crippen LogP contribution in [0.25, 0.3) is 11.1 Å². The Morgan fingerprint density at radius 1 is 1.21 bits per heavy atom. The molecule has 0 saturated carbocycles. The lowest BCUT2D eigenvalue weighted by molar-refractivity contribution is 0.854. The van der Waals surface area contributed by atoms with Crippen molar-refractivity contribution in [2.75, 3.05) is 17.6 Å². The Hall–Kier alpha value is -1.41. The molecular formula is C17H19NS. The highest BCUT2D eigenvalue weighted by Gasteiger charge is 2.18. The second-order valence-corrected chi connectivity index (χ2v) is 6.32. The molecule has 1 N–H and O–H groups in total. The summed E-state index contributed by atoms with van der Waals surface area (Å²) in [6.45, 7) is 5.55. The number of hydrogen-bond donors (Lipinski definition) is 1. The average Bonchev–Trinajstić information content (AvgIpc) is 2.81. The summed E-state index contributed by atoms with van der Waals surface area (Å²) >= 11 is 1.92. The number of fused-ring (bicyclic) bond motifs is 1. The normalized spacial score (nSPS) is 17.1. The summed E-state index contributed by atoms with van der Waals surface area (Å²) in [4.78, 5) is 1.38. The van der Waals surface area contributed by atoms with Gasteiger partial charge in [0.1, 0.15) is 0 Å². The van der Waals surface area contributed by atoms with E-state index >= 15 is 0 Å². The first-order valence-electron chi connectivity index (χ1n) is 6.89. The summed E-state index contributed by atoms with van der Waals surface area (Å²) in [6.07, 6.45) is 0. The Balaban J connectivity index is 2.05. The molecule has 1 aliphatic rings. The molecule has 0 spiro atoms. The Kier molecular flexibility index (Phi) is 3.52. The Labute approximate surface area is 119 Å². The van der Waals surface area contributed by atoms with Crippen LogP contribution in [0.4, 0.5) is 5.69 Å². The highest BCUT2D eigenvalue weighted by Crippen LogP contribution is 2.37. The lowest BCUT2D eigenvalue weighted by Crippen LogP contribution is -1.95. The van der Waals surface area contributed by atoms with Crippen LogP contribution in [-0.4, -0.2) is 12.3 Å². The maximum Gasteiger partial charge on any atom is 0.0376 e. The minimum Gasteiger partial charge on any atom is -0.384 e. The van der Waals surface area contributed by atoms with Gasteiger partial charge in [0.05, 0.1) is 0 Å². The van der Waals surface area contributed by atoms with Gasteiger partial charge in [0.25, 0.3) is 0 Å². The van der Waals surface area contributed by atoms with Crippen LogP contribution in [-0.2, 0) is 0 Å².